The van der Waals surface area contributed by atoms with Gasteiger partial charge >= 0.3 is 6.09 Å². The topological polar surface area (TPSA) is 82.3 Å². The van der Waals surface area contributed by atoms with Crippen LogP contribution in [0.3, 0.4) is 0 Å². The van der Waals surface area contributed by atoms with Crippen molar-refractivity contribution in [1.29, 1.82) is 5.26 Å². The zero-order valence-corrected chi connectivity index (χ0v) is 19.1. The molecule has 0 heterocycles. The molecular formula is C22H25BrN2O3S. The number of rotatable bonds is 7. The van der Waals surface area contributed by atoms with E-state index >= 15 is 0 Å². The van der Waals surface area contributed by atoms with Crippen molar-refractivity contribution < 1.29 is 14.6 Å². The quantitative estimate of drug-likeness (QED) is 0.520. The minimum atomic E-state index is -0.614. The van der Waals surface area contributed by atoms with E-state index in [9.17, 15) is 15.2 Å². The van der Waals surface area contributed by atoms with Crippen molar-refractivity contribution in [1.82, 2.24) is 5.32 Å². The third-order valence-corrected chi connectivity index (χ3v) is 5.79. The highest BCUT2D eigenvalue weighted by atomic mass is 79.9. The van der Waals surface area contributed by atoms with Gasteiger partial charge in [-0.1, -0.05) is 46.3 Å². The Balaban J connectivity index is 2.23. The Kier molecular flexibility index (Phi) is 8.57. The van der Waals surface area contributed by atoms with Crippen molar-refractivity contribution in [2.45, 2.75) is 49.0 Å². The van der Waals surface area contributed by atoms with Gasteiger partial charge in [-0.15, -0.1) is 11.8 Å². The lowest BCUT2D eigenvalue weighted by molar-refractivity contribution is 0.0479. The molecule has 2 N–H and O–H groups in total. The molecule has 0 radical (unpaired) electrons. The number of carbonyl (C=O) groups excluding carboxylic acids is 1. The van der Waals surface area contributed by atoms with Gasteiger partial charge < -0.3 is 15.2 Å². The summed E-state index contributed by atoms with van der Waals surface area (Å²) in [7, 11) is 0. The molecule has 7 heteroatoms. The molecule has 0 aliphatic heterocycles. The maximum atomic E-state index is 12.1. The van der Waals surface area contributed by atoms with E-state index in [0.717, 1.165) is 14.9 Å². The van der Waals surface area contributed by atoms with Gasteiger partial charge in [0.15, 0.2) is 0 Å². The summed E-state index contributed by atoms with van der Waals surface area (Å²) in [6.07, 6.45) is -0.0829. The SMILES string of the molecule is CC(C)(C)OC(=O)N[C@H](CO)C[C@@H](Sc1ccc(Br)cc1C#N)c1ccccc1. The molecule has 0 aliphatic carbocycles. The van der Waals surface area contributed by atoms with Gasteiger partial charge in [-0.2, -0.15) is 5.26 Å². The normalized spacial score (nSPS) is 13.2. The number of halogens is 1. The minimum absolute atomic E-state index is 0.0726. The van der Waals surface area contributed by atoms with Crippen molar-refractivity contribution in [3.63, 3.8) is 0 Å². The van der Waals surface area contributed by atoms with Crippen LogP contribution in [0.1, 0.15) is 43.6 Å². The molecule has 2 aromatic carbocycles. The van der Waals surface area contributed by atoms with Crippen LogP contribution in [0.15, 0.2) is 57.9 Å². The maximum absolute atomic E-state index is 12.1. The number of carbonyl (C=O) groups is 1. The first kappa shape index (κ1) is 23.3. The molecule has 0 aromatic heterocycles. The molecule has 29 heavy (non-hydrogen) atoms. The van der Waals surface area contributed by atoms with Gasteiger partial charge in [0.05, 0.1) is 18.2 Å². The summed E-state index contributed by atoms with van der Waals surface area (Å²) >= 11 is 4.93. The van der Waals surface area contributed by atoms with Crippen LogP contribution in [-0.2, 0) is 4.74 Å². The number of aliphatic hydroxyl groups excluding tert-OH is 1. The van der Waals surface area contributed by atoms with Crippen LogP contribution in [0.2, 0.25) is 0 Å². The molecule has 2 atom stereocenters. The summed E-state index contributed by atoms with van der Waals surface area (Å²) < 4.78 is 6.15. The fraction of sp³-hybridized carbons (Fsp3) is 0.364. The Morgan fingerprint density at radius 3 is 2.55 bits per heavy atom. The fourth-order valence-electron chi connectivity index (χ4n) is 2.68. The zero-order chi connectivity index (χ0) is 21.4. The van der Waals surface area contributed by atoms with E-state index in [4.69, 9.17) is 4.74 Å². The highest BCUT2D eigenvalue weighted by Gasteiger charge is 2.24. The molecule has 1 amide bonds. The molecule has 0 aliphatic rings. The summed E-state index contributed by atoms with van der Waals surface area (Å²) in [6, 6.07) is 17.2. The van der Waals surface area contributed by atoms with E-state index in [1.807, 2.05) is 42.5 Å². The van der Waals surface area contributed by atoms with Crippen molar-refractivity contribution in [2.24, 2.45) is 0 Å². The highest BCUT2D eigenvalue weighted by Crippen LogP contribution is 2.40. The number of hydrogen-bond donors (Lipinski definition) is 2. The zero-order valence-electron chi connectivity index (χ0n) is 16.7. The second-order valence-electron chi connectivity index (χ2n) is 7.53. The monoisotopic (exact) mass is 476 g/mol. The predicted molar refractivity (Wildman–Crippen MR) is 119 cm³/mol. The summed E-state index contributed by atoms with van der Waals surface area (Å²) in [5, 5.41) is 22.0. The van der Waals surface area contributed by atoms with Gasteiger partial charge in [-0.3, -0.25) is 0 Å². The van der Waals surface area contributed by atoms with Crippen molar-refractivity contribution in [3.05, 3.63) is 64.1 Å². The summed E-state index contributed by atoms with van der Waals surface area (Å²) in [6.45, 7) is 5.16. The van der Waals surface area contributed by atoms with Crippen molar-refractivity contribution >= 4 is 33.8 Å². The summed E-state index contributed by atoms with van der Waals surface area (Å²) in [4.78, 5) is 13.0. The van der Waals surface area contributed by atoms with Crippen LogP contribution < -0.4 is 5.32 Å². The number of nitrogens with one attached hydrogen (secondary N) is 1. The lowest BCUT2D eigenvalue weighted by atomic mass is 10.1. The van der Waals surface area contributed by atoms with Crippen LogP contribution in [0, 0.1) is 11.3 Å². The molecule has 2 aromatic rings. The Morgan fingerprint density at radius 2 is 1.97 bits per heavy atom. The molecule has 0 saturated carbocycles. The fourth-order valence-corrected chi connectivity index (χ4v) is 4.34. The molecule has 154 valence electrons. The van der Waals surface area contributed by atoms with E-state index in [-0.39, 0.29) is 11.9 Å². The number of ether oxygens (including phenoxy) is 1. The van der Waals surface area contributed by atoms with Gasteiger partial charge in [0, 0.05) is 14.6 Å². The molecular weight excluding hydrogens is 452 g/mol. The average molecular weight is 477 g/mol. The molecule has 0 bridgehead atoms. The molecule has 0 saturated heterocycles. The Morgan fingerprint density at radius 1 is 1.28 bits per heavy atom. The Labute approximate surface area is 184 Å². The first-order chi connectivity index (χ1) is 13.7. The molecule has 0 unspecified atom stereocenters. The van der Waals surface area contributed by atoms with Crippen molar-refractivity contribution in [3.8, 4) is 6.07 Å². The number of benzene rings is 2. The standard InChI is InChI=1S/C22H25BrN2O3S/c1-22(2,3)28-21(27)25-18(14-26)12-20(15-7-5-4-6-8-15)29-19-10-9-17(23)11-16(19)13-24/h4-11,18,20,26H,12,14H2,1-3H3,(H,25,27)/t18-,20+/m0/s1. The second-order valence-corrected chi connectivity index (χ2v) is 9.69. The summed E-state index contributed by atoms with van der Waals surface area (Å²) in [5.41, 5.74) is 1.01. The predicted octanol–water partition coefficient (Wildman–Crippen LogP) is 5.43. The first-order valence-corrected chi connectivity index (χ1v) is 10.9. The number of nitriles is 1. The van der Waals surface area contributed by atoms with Gasteiger partial charge in [0.1, 0.15) is 11.7 Å². The third-order valence-electron chi connectivity index (χ3n) is 3.94. The number of amides is 1. The van der Waals surface area contributed by atoms with Gasteiger partial charge in [0.25, 0.3) is 0 Å². The van der Waals surface area contributed by atoms with Crippen LogP contribution >= 0.6 is 27.7 Å². The smallest absolute Gasteiger partial charge is 0.407 e. The van der Waals surface area contributed by atoms with Crippen LogP contribution in [0.5, 0.6) is 0 Å². The number of thioether (sulfide) groups is 1. The maximum Gasteiger partial charge on any atom is 0.407 e. The number of hydrogen-bond acceptors (Lipinski definition) is 5. The Bertz CT molecular complexity index is 863. The van der Waals surface area contributed by atoms with Crippen molar-refractivity contribution in [2.75, 3.05) is 6.61 Å². The van der Waals surface area contributed by atoms with E-state index in [1.165, 1.54) is 11.8 Å². The molecule has 0 fully saturated rings. The number of nitrogens with zero attached hydrogens (tertiary/aromatic N) is 1. The van der Waals surface area contributed by atoms with Crippen LogP contribution in [0.4, 0.5) is 4.79 Å². The molecule has 0 spiro atoms. The lowest BCUT2D eigenvalue weighted by Gasteiger charge is -2.26. The van der Waals surface area contributed by atoms with E-state index < -0.39 is 17.7 Å². The number of alkyl carbamates (subject to hydrolysis) is 1. The highest BCUT2D eigenvalue weighted by molar-refractivity contribution is 9.10. The van der Waals surface area contributed by atoms with E-state index in [2.05, 4.69) is 27.3 Å². The minimum Gasteiger partial charge on any atom is -0.444 e. The number of aliphatic hydroxyl groups is 1. The van der Waals surface area contributed by atoms with Gasteiger partial charge in [-0.25, -0.2) is 4.79 Å². The molecule has 2 rings (SSSR count). The average Bonchev–Trinajstić information content (AvgIpc) is 2.67. The lowest BCUT2D eigenvalue weighted by Crippen LogP contribution is -2.41. The summed E-state index contributed by atoms with van der Waals surface area (Å²) in [5.74, 6) is 0. The van der Waals surface area contributed by atoms with E-state index in [1.54, 1.807) is 26.8 Å². The Hall–Kier alpha value is -2.01. The van der Waals surface area contributed by atoms with Crippen LogP contribution in [0.25, 0.3) is 0 Å². The first-order valence-electron chi connectivity index (χ1n) is 9.23. The van der Waals surface area contributed by atoms with E-state index in [0.29, 0.717) is 12.0 Å². The van der Waals surface area contributed by atoms with Crippen LogP contribution in [-0.4, -0.2) is 29.4 Å². The third kappa shape index (κ3) is 7.73. The second kappa shape index (κ2) is 10.7. The van der Waals surface area contributed by atoms with Gasteiger partial charge in [-0.05, 0) is 51.0 Å². The molecule has 5 nitrogen and oxygen atoms in total. The largest absolute Gasteiger partial charge is 0.444 e. The van der Waals surface area contributed by atoms with Gasteiger partial charge in [0.2, 0.25) is 0 Å².